The Kier molecular flexibility index (Phi) is 4.98. The predicted octanol–water partition coefficient (Wildman–Crippen LogP) is 3.77. The van der Waals surface area contributed by atoms with Crippen LogP contribution in [-0.4, -0.2) is 18.8 Å². The molecule has 0 amide bonds. The highest BCUT2D eigenvalue weighted by Crippen LogP contribution is 2.27. The third-order valence-corrected chi connectivity index (χ3v) is 3.29. The van der Waals surface area contributed by atoms with E-state index < -0.39 is 17.7 Å². The van der Waals surface area contributed by atoms with Gasteiger partial charge in [0.05, 0.1) is 18.2 Å². The number of hydrogen-bond donors (Lipinski definition) is 2. The Balaban J connectivity index is 2.03. The highest BCUT2D eigenvalue weighted by molar-refractivity contribution is 6.32. The van der Waals surface area contributed by atoms with Crippen molar-refractivity contribution in [2.24, 2.45) is 0 Å². The molecule has 2 aromatic carbocycles. The molecule has 1 unspecified atom stereocenters. The number of rotatable bonds is 5. The lowest BCUT2D eigenvalue weighted by atomic mass is 10.1. The van der Waals surface area contributed by atoms with Gasteiger partial charge in [0.25, 0.3) is 0 Å². The van der Waals surface area contributed by atoms with Crippen molar-refractivity contribution in [3.8, 4) is 5.75 Å². The van der Waals surface area contributed by atoms with Gasteiger partial charge < -0.3 is 15.2 Å². The summed E-state index contributed by atoms with van der Waals surface area (Å²) in [6, 6.07) is 8.37. The van der Waals surface area contributed by atoms with Gasteiger partial charge in [-0.3, -0.25) is 0 Å². The van der Waals surface area contributed by atoms with Gasteiger partial charge in [-0.15, -0.1) is 0 Å². The minimum absolute atomic E-state index is 0.135. The Morgan fingerprint density at radius 1 is 1.19 bits per heavy atom. The van der Waals surface area contributed by atoms with E-state index in [1.165, 1.54) is 13.2 Å². The van der Waals surface area contributed by atoms with Gasteiger partial charge >= 0.3 is 0 Å². The van der Waals surface area contributed by atoms with E-state index in [0.29, 0.717) is 22.0 Å². The molecule has 2 aromatic rings. The van der Waals surface area contributed by atoms with Crippen molar-refractivity contribution in [1.82, 2.24) is 0 Å². The van der Waals surface area contributed by atoms with Crippen molar-refractivity contribution in [3.63, 3.8) is 0 Å². The highest BCUT2D eigenvalue weighted by atomic mass is 35.5. The van der Waals surface area contributed by atoms with Crippen LogP contribution in [0.25, 0.3) is 0 Å². The molecule has 112 valence electrons. The fraction of sp³-hybridized carbons (Fsp3) is 0.200. The van der Waals surface area contributed by atoms with Gasteiger partial charge in [-0.2, -0.15) is 0 Å². The fourth-order valence-corrected chi connectivity index (χ4v) is 2.02. The number of anilines is 1. The summed E-state index contributed by atoms with van der Waals surface area (Å²) in [5.74, 6) is -1.43. The molecule has 0 radical (unpaired) electrons. The van der Waals surface area contributed by atoms with Crippen LogP contribution < -0.4 is 10.1 Å². The van der Waals surface area contributed by atoms with Gasteiger partial charge in [0.1, 0.15) is 5.75 Å². The maximum atomic E-state index is 13.1. The molecule has 0 aliphatic heterocycles. The summed E-state index contributed by atoms with van der Waals surface area (Å²) >= 11 is 5.91. The number of benzene rings is 2. The Morgan fingerprint density at radius 3 is 2.62 bits per heavy atom. The predicted molar refractivity (Wildman–Crippen MR) is 77.8 cm³/mol. The van der Waals surface area contributed by atoms with Gasteiger partial charge in [0.15, 0.2) is 11.6 Å². The van der Waals surface area contributed by atoms with E-state index in [2.05, 4.69) is 5.32 Å². The van der Waals surface area contributed by atoms with Crippen molar-refractivity contribution >= 4 is 17.3 Å². The number of ether oxygens (including phenoxy) is 1. The maximum absolute atomic E-state index is 13.1. The SMILES string of the molecule is COc1cc(NCC(O)c2ccc(F)c(F)c2)ccc1Cl. The maximum Gasteiger partial charge on any atom is 0.159 e. The third kappa shape index (κ3) is 3.83. The standard InChI is InChI=1S/C15H14ClF2NO2/c1-21-15-7-10(3-4-11(15)16)19-8-14(20)9-2-5-12(17)13(18)6-9/h2-7,14,19-20H,8H2,1H3. The second kappa shape index (κ2) is 6.74. The van der Waals surface area contributed by atoms with Gasteiger partial charge in [0, 0.05) is 18.3 Å². The van der Waals surface area contributed by atoms with E-state index in [-0.39, 0.29) is 6.54 Å². The molecule has 1 atom stereocenters. The summed E-state index contributed by atoms with van der Waals surface area (Å²) in [7, 11) is 1.50. The number of hydrogen-bond acceptors (Lipinski definition) is 3. The van der Waals surface area contributed by atoms with Crippen molar-refractivity contribution < 1.29 is 18.6 Å². The lowest BCUT2D eigenvalue weighted by Gasteiger charge is -2.14. The van der Waals surface area contributed by atoms with Crippen LogP contribution in [0, 0.1) is 11.6 Å². The quantitative estimate of drug-likeness (QED) is 0.883. The molecule has 0 bridgehead atoms. The van der Waals surface area contributed by atoms with E-state index in [9.17, 15) is 13.9 Å². The lowest BCUT2D eigenvalue weighted by molar-refractivity contribution is 0.191. The third-order valence-electron chi connectivity index (χ3n) is 2.98. The Labute approximate surface area is 126 Å². The minimum Gasteiger partial charge on any atom is -0.495 e. The van der Waals surface area contributed by atoms with Crippen LogP contribution >= 0.6 is 11.6 Å². The zero-order valence-electron chi connectivity index (χ0n) is 11.2. The number of halogens is 3. The van der Waals surface area contributed by atoms with E-state index in [1.54, 1.807) is 18.2 Å². The van der Waals surface area contributed by atoms with Crippen molar-refractivity contribution in [2.75, 3.05) is 19.0 Å². The molecule has 0 aromatic heterocycles. The summed E-state index contributed by atoms with van der Waals surface area (Å²) in [6.45, 7) is 0.135. The van der Waals surface area contributed by atoms with Gasteiger partial charge in [-0.05, 0) is 29.8 Å². The molecule has 0 fully saturated rings. The molecule has 3 nitrogen and oxygen atoms in total. The summed E-state index contributed by atoms with van der Waals surface area (Å²) in [5.41, 5.74) is 0.986. The first-order valence-corrected chi connectivity index (χ1v) is 6.59. The number of aliphatic hydroxyl groups is 1. The fourth-order valence-electron chi connectivity index (χ4n) is 1.82. The molecular weight excluding hydrogens is 300 g/mol. The van der Waals surface area contributed by atoms with E-state index in [4.69, 9.17) is 16.3 Å². The van der Waals surface area contributed by atoms with Crippen LogP contribution in [-0.2, 0) is 0 Å². The number of methoxy groups -OCH3 is 1. The molecule has 2 N–H and O–H groups in total. The number of nitrogens with one attached hydrogen (secondary N) is 1. The smallest absolute Gasteiger partial charge is 0.159 e. The van der Waals surface area contributed by atoms with Crippen LogP contribution in [0.4, 0.5) is 14.5 Å². The van der Waals surface area contributed by atoms with Crippen LogP contribution in [0.2, 0.25) is 5.02 Å². The first-order valence-electron chi connectivity index (χ1n) is 6.21. The van der Waals surface area contributed by atoms with Crippen LogP contribution in [0.3, 0.4) is 0 Å². The molecule has 0 aliphatic rings. The van der Waals surface area contributed by atoms with Crippen molar-refractivity contribution in [1.29, 1.82) is 0 Å². The summed E-state index contributed by atoms with van der Waals surface area (Å²) in [4.78, 5) is 0. The molecule has 0 saturated carbocycles. The van der Waals surface area contributed by atoms with E-state index in [0.717, 1.165) is 12.1 Å². The van der Waals surface area contributed by atoms with Crippen LogP contribution in [0.1, 0.15) is 11.7 Å². The highest BCUT2D eigenvalue weighted by Gasteiger charge is 2.11. The van der Waals surface area contributed by atoms with E-state index >= 15 is 0 Å². The zero-order valence-corrected chi connectivity index (χ0v) is 12.0. The molecule has 0 spiro atoms. The molecule has 0 aliphatic carbocycles. The topological polar surface area (TPSA) is 41.5 Å². The Bertz CT molecular complexity index is 637. The minimum atomic E-state index is -0.986. The molecule has 6 heteroatoms. The molecule has 2 rings (SSSR count). The second-order valence-electron chi connectivity index (χ2n) is 4.42. The van der Waals surface area contributed by atoms with Crippen molar-refractivity contribution in [2.45, 2.75) is 6.10 Å². The lowest BCUT2D eigenvalue weighted by Crippen LogP contribution is -2.12. The van der Waals surface area contributed by atoms with Gasteiger partial charge in [-0.25, -0.2) is 8.78 Å². The van der Waals surface area contributed by atoms with Gasteiger partial charge in [-0.1, -0.05) is 17.7 Å². The monoisotopic (exact) mass is 313 g/mol. The van der Waals surface area contributed by atoms with Crippen LogP contribution in [0.15, 0.2) is 36.4 Å². The second-order valence-corrected chi connectivity index (χ2v) is 4.83. The molecule has 0 saturated heterocycles. The summed E-state index contributed by atoms with van der Waals surface area (Å²) < 4.78 is 31.0. The van der Waals surface area contributed by atoms with Crippen LogP contribution in [0.5, 0.6) is 5.75 Å². The number of aliphatic hydroxyl groups excluding tert-OH is 1. The Hall–Kier alpha value is -1.85. The normalized spacial score (nSPS) is 12.0. The summed E-state index contributed by atoms with van der Waals surface area (Å²) in [6.07, 6.45) is -0.971. The molecular formula is C15H14ClF2NO2. The average Bonchev–Trinajstić information content (AvgIpc) is 2.48. The largest absolute Gasteiger partial charge is 0.495 e. The average molecular weight is 314 g/mol. The van der Waals surface area contributed by atoms with Gasteiger partial charge in [0.2, 0.25) is 0 Å². The summed E-state index contributed by atoms with van der Waals surface area (Å²) in [5, 5.41) is 13.4. The first kappa shape index (κ1) is 15.5. The molecule has 0 heterocycles. The zero-order chi connectivity index (χ0) is 15.4. The van der Waals surface area contributed by atoms with E-state index in [1.807, 2.05) is 0 Å². The Morgan fingerprint density at radius 2 is 1.95 bits per heavy atom. The first-order chi connectivity index (χ1) is 10.0. The van der Waals surface area contributed by atoms with Crippen molar-refractivity contribution in [3.05, 3.63) is 58.6 Å². The molecule has 21 heavy (non-hydrogen) atoms.